The molecule has 29 heavy (non-hydrogen) atoms. The number of aliphatic hydroxyl groups excluding tert-OH is 1. The van der Waals surface area contributed by atoms with Gasteiger partial charge in [0.05, 0.1) is 23.9 Å². The molecule has 146 valence electrons. The predicted molar refractivity (Wildman–Crippen MR) is 112 cm³/mol. The van der Waals surface area contributed by atoms with Gasteiger partial charge in [0.15, 0.2) is 0 Å². The number of aromatic nitrogens is 2. The first kappa shape index (κ1) is 18.7. The summed E-state index contributed by atoms with van der Waals surface area (Å²) in [5.41, 5.74) is 3.15. The summed E-state index contributed by atoms with van der Waals surface area (Å²) in [6, 6.07) is 23.9. The SMILES string of the molecule is O=C(Nc1ccc(OCC(O)Cn2cnc3ccccc32)cc1)c1ccccc1. The third kappa shape index (κ3) is 4.62. The molecule has 1 unspecified atom stereocenters. The topological polar surface area (TPSA) is 76.4 Å². The molecule has 1 heterocycles. The lowest BCUT2D eigenvalue weighted by Gasteiger charge is -2.14. The van der Waals surface area contributed by atoms with Crippen LogP contribution in [0.25, 0.3) is 11.0 Å². The average molecular weight is 387 g/mol. The van der Waals surface area contributed by atoms with Crippen molar-refractivity contribution in [2.24, 2.45) is 0 Å². The first-order chi connectivity index (χ1) is 14.2. The molecular weight excluding hydrogens is 366 g/mol. The van der Waals surface area contributed by atoms with Crippen LogP contribution in [-0.4, -0.2) is 33.3 Å². The molecule has 0 aliphatic carbocycles. The van der Waals surface area contributed by atoms with Gasteiger partial charge < -0.3 is 19.7 Å². The smallest absolute Gasteiger partial charge is 0.255 e. The molecule has 0 saturated carbocycles. The van der Waals surface area contributed by atoms with E-state index in [1.807, 2.05) is 47.0 Å². The highest BCUT2D eigenvalue weighted by atomic mass is 16.5. The standard InChI is InChI=1S/C23H21N3O3/c27-19(14-26-16-24-21-8-4-5-9-22(21)26)15-29-20-12-10-18(11-13-20)25-23(28)17-6-2-1-3-7-17/h1-13,16,19,27H,14-15H2,(H,25,28). The zero-order valence-electron chi connectivity index (χ0n) is 15.7. The summed E-state index contributed by atoms with van der Waals surface area (Å²) in [7, 11) is 0. The Kier molecular flexibility index (Phi) is 5.54. The van der Waals surface area contributed by atoms with Crippen molar-refractivity contribution in [3.8, 4) is 5.75 Å². The Morgan fingerprint density at radius 2 is 1.72 bits per heavy atom. The van der Waals surface area contributed by atoms with Gasteiger partial charge >= 0.3 is 0 Å². The van der Waals surface area contributed by atoms with Crippen LogP contribution in [0.5, 0.6) is 5.75 Å². The number of carbonyl (C=O) groups is 1. The van der Waals surface area contributed by atoms with Crippen LogP contribution in [0.15, 0.2) is 85.2 Å². The normalized spacial score (nSPS) is 11.9. The van der Waals surface area contributed by atoms with Crippen molar-refractivity contribution < 1.29 is 14.6 Å². The minimum Gasteiger partial charge on any atom is -0.491 e. The van der Waals surface area contributed by atoms with Crippen molar-refractivity contribution in [3.63, 3.8) is 0 Å². The number of carbonyl (C=O) groups excluding carboxylic acids is 1. The van der Waals surface area contributed by atoms with Crippen molar-refractivity contribution >= 4 is 22.6 Å². The Morgan fingerprint density at radius 1 is 1.00 bits per heavy atom. The van der Waals surface area contributed by atoms with Gasteiger partial charge in [-0.25, -0.2) is 4.98 Å². The first-order valence-electron chi connectivity index (χ1n) is 9.36. The number of ether oxygens (including phenoxy) is 1. The van der Waals surface area contributed by atoms with Crippen molar-refractivity contribution in [1.29, 1.82) is 0 Å². The number of hydrogen-bond donors (Lipinski definition) is 2. The van der Waals surface area contributed by atoms with E-state index < -0.39 is 6.10 Å². The van der Waals surface area contributed by atoms with Gasteiger partial charge in [-0.15, -0.1) is 0 Å². The lowest BCUT2D eigenvalue weighted by atomic mass is 10.2. The number of amides is 1. The number of nitrogens with zero attached hydrogens (tertiary/aromatic N) is 2. The highest BCUT2D eigenvalue weighted by molar-refractivity contribution is 6.04. The fraction of sp³-hybridized carbons (Fsp3) is 0.130. The molecule has 1 atom stereocenters. The summed E-state index contributed by atoms with van der Waals surface area (Å²) >= 11 is 0. The van der Waals surface area contributed by atoms with Crippen LogP contribution in [0.3, 0.4) is 0 Å². The molecule has 0 bridgehead atoms. The molecule has 6 nitrogen and oxygen atoms in total. The van der Waals surface area contributed by atoms with Crippen molar-refractivity contribution in [2.75, 3.05) is 11.9 Å². The van der Waals surface area contributed by atoms with Gasteiger partial charge in [-0.1, -0.05) is 30.3 Å². The van der Waals surface area contributed by atoms with E-state index in [4.69, 9.17) is 4.74 Å². The number of hydrogen-bond acceptors (Lipinski definition) is 4. The summed E-state index contributed by atoms with van der Waals surface area (Å²) in [5.74, 6) is 0.458. The van der Waals surface area contributed by atoms with Crippen LogP contribution < -0.4 is 10.1 Å². The molecule has 0 fully saturated rings. The van der Waals surface area contributed by atoms with E-state index in [0.717, 1.165) is 11.0 Å². The van der Waals surface area contributed by atoms with E-state index in [2.05, 4.69) is 10.3 Å². The van der Waals surface area contributed by atoms with Crippen LogP contribution in [0.1, 0.15) is 10.4 Å². The minimum atomic E-state index is -0.676. The van der Waals surface area contributed by atoms with E-state index in [1.165, 1.54) is 0 Å². The summed E-state index contributed by atoms with van der Waals surface area (Å²) < 4.78 is 7.59. The Hall–Kier alpha value is -3.64. The summed E-state index contributed by atoms with van der Waals surface area (Å²) in [6.07, 6.45) is 1.04. The second-order valence-electron chi connectivity index (χ2n) is 6.70. The Morgan fingerprint density at radius 3 is 2.52 bits per heavy atom. The second-order valence-corrected chi connectivity index (χ2v) is 6.70. The van der Waals surface area contributed by atoms with Crippen molar-refractivity contribution in [1.82, 2.24) is 9.55 Å². The Balaban J connectivity index is 1.30. The number of para-hydroxylation sites is 2. The zero-order valence-corrected chi connectivity index (χ0v) is 15.7. The maximum atomic E-state index is 12.2. The fourth-order valence-electron chi connectivity index (χ4n) is 3.06. The number of anilines is 1. The minimum absolute atomic E-state index is 0.155. The lowest BCUT2D eigenvalue weighted by Crippen LogP contribution is -2.23. The van der Waals surface area contributed by atoms with E-state index >= 15 is 0 Å². The maximum absolute atomic E-state index is 12.2. The monoisotopic (exact) mass is 387 g/mol. The van der Waals surface area contributed by atoms with E-state index in [-0.39, 0.29) is 12.5 Å². The molecule has 0 aliphatic heterocycles. The van der Waals surface area contributed by atoms with E-state index in [0.29, 0.717) is 23.5 Å². The third-order valence-corrected chi connectivity index (χ3v) is 4.53. The Labute approximate surface area is 168 Å². The summed E-state index contributed by atoms with van der Waals surface area (Å²) in [5, 5.41) is 13.2. The van der Waals surface area contributed by atoms with E-state index in [9.17, 15) is 9.90 Å². The second kappa shape index (κ2) is 8.58. The average Bonchev–Trinajstić information content (AvgIpc) is 3.17. The van der Waals surface area contributed by atoms with Crippen LogP contribution in [0, 0.1) is 0 Å². The summed E-state index contributed by atoms with van der Waals surface area (Å²) in [6.45, 7) is 0.550. The molecule has 3 aromatic carbocycles. The predicted octanol–water partition coefficient (Wildman–Crippen LogP) is 3.73. The fourth-order valence-corrected chi connectivity index (χ4v) is 3.06. The largest absolute Gasteiger partial charge is 0.491 e. The van der Waals surface area contributed by atoms with Crippen LogP contribution >= 0.6 is 0 Å². The number of aliphatic hydroxyl groups is 1. The lowest BCUT2D eigenvalue weighted by molar-refractivity contribution is 0.0934. The van der Waals surface area contributed by atoms with Crippen LogP contribution in [0.2, 0.25) is 0 Å². The van der Waals surface area contributed by atoms with Gasteiger partial charge in [-0.3, -0.25) is 4.79 Å². The number of imidazole rings is 1. The van der Waals surface area contributed by atoms with Gasteiger partial charge in [-0.2, -0.15) is 0 Å². The van der Waals surface area contributed by atoms with Crippen molar-refractivity contribution in [2.45, 2.75) is 12.6 Å². The molecule has 4 rings (SSSR count). The highest BCUT2D eigenvalue weighted by Crippen LogP contribution is 2.17. The third-order valence-electron chi connectivity index (χ3n) is 4.53. The van der Waals surface area contributed by atoms with Crippen LogP contribution in [0.4, 0.5) is 5.69 Å². The molecule has 0 spiro atoms. The molecule has 0 saturated heterocycles. The van der Waals surface area contributed by atoms with Crippen molar-refractivity contribution in [3.05, 3.63) is 90.8 Å². The molecule has 1 amide bonds. The van der Waals surface area contributed by atoms with Gasteiger partial charge in [-0.05, 0) is 48.5 Å². The Bertz CT molecular complexity index is 1090. The quantitative estimate of drug-likeness (QED) is 0.507. The van der Waals surface area contributed by atoms with Gasteiger partial charge in [0.1, 0.15) is 18.5 Å². The zero-order chi connectivity index (χ0) is 20.1. The van der Waals surface area contributed by atoms with Gasteiger partial charge in [0.25, 0.3) is 5.91 Å². The number of benzene rings is 3. The van der Waals surface area contributed by atoms with E-state index in [1.54, 1.807) is 42.7 Å². The maximum Gasteiger partial charge on any atom is 0.255 e. The first-order valence-corrected chi connectivity index (χ1v) is 9.36. The number of nitrogens with one attached hydrogen (secondary N) is 1. The highest BCUT2D eigenvalue weighted by Gasteiger charge is 2.10. The molecule has 1 aromatic heterocycles. The number of fused-ring (bicyclic) bond motifs is 1. The number of rotatable bonds is 7. The van der Waals surface area contributed by atoms with Gasteiger partial charge in [0.2, 0.25) is 0 Å². The molecule has 0 radical (unpaired) electrons. The molecular formula is C23H21N3O3. The van der Waals surface area contributed by atoms with Crippen LogP contribution in [-0.2, 0) is 6.54 Å². The molecule has 6 heteroatoms. The summed E-state index contributed by atoms with van der Waals surface area (Å²) in [4.78, 5) is 16.5. The molecule has 4 aromatic rings. The van der Waals surface area contributed by atoms with Gasteiger partial charge in [0, 0.05) is 11.3 Å². The molecule has 0 aliphatic rings. The molecule has 2 N–H and O–H groups in total.